The normalized spacial score (nSPS) is 13.3. The summed E-state index contributed by atoms with van der Waals surface area (Å²) in [4.78, 5) is 0. The van der Waals surface area contributed by atoms with E-state index >= 15 is 0 Å². The molecule has 0 rings (SSSR count). The molecule has 0 aliphatic carbocycles. The van der Waals surface area contributed by atoms with Crippen LogP contribution in [-0.4, -0.2) is 57.6 Å². The minimum Gasteiger partial charge on any atom is -0.396 e. The van der Waals surface area contributed by atoms with Crippen molar-refractivity contribution < 1.29 is 25.5 Å². The van der Waals surface area contributed by atoms with Gasteiger partial charge >= 0.3 is 0 Å². The Morgan fingerprint density at radius 3 is 1.50 bits per heavy atom. The first-order valence-electron chi connectivity index (χ1n) is 4.71. The molecule has 0 aromatic carbocycles. The van der Waals surface area contributed by atoms with Gasteiger partial charge in [-0.25, -0.2) is 0 Å². The van der Waals surface area contributed by atoms with Crippen LogP contribution in [0.2, 0.25) is 0 Å². The second-order valence-corrected chi connectivity index (χ2v) is 3.69. The lowest BCUT2D eigenvalue weighted by Crippen LogP contribution is -2.58. The Kier molecular flexibility index (Phi) is 5.54. The van der Waals surface area contributed by atoms with Crippen LogP contribution in [0, 0.1) is 5.41 Å². The predicted molar refractivity (Wildman–Crippen MR) is 50.6 cm³/mol. The van der Waals surface area contributed by atoms with Gasteiger partial charge in [0.2, 0.25) is 0 Å². The smallest absolute Gasteiger partial charge is 0.121 e. The maximum Gasteiger partial charge on any atom is 0.121 e. The zero-order chi connectivity index (χ0) is 11.2. The molecule has 0 unspecified atom stereocenters. The number of rotatable bonds is 7. The first-order valence-corrected chi connectivity index (χ1v) is 4.71. The lowest BCUT2D eigenvalue weighted by atomic mass is 9.70. The van der Waals surface area contributed by atoms with Crippen LogP contribution in [0.1, 0.15) is 19.8 Å². The average Bonchev–Trinajstić information content (AvgIpc) is 2.24. The van der Waals surface area contributed by atoms with E-state index in [1.165, 1.54) is 0 Å². The average molecular weight is 208 g/mol. The molecule has 5 N–H and O–H groups in total. The Labute approximate surface area is 83.6 Å². The van der Waals surface area contributed by atoms with Crippen molar-refractivity contribution in [2.75, 3.05) is 26.4 Å². The Morgan fingerprint density at radius 2 is 1.29 bits per heavy atom. The maximum absolute atomic E-state index is 9.85. The van der Waals surface area contributed by atoms with Crippen molar-refractivity contribution in [2.24, 2.45) is 5.41 Å². The maximum atomic E-state index is 9.85. The van der Waals surface area contributed by atoms with Gasteiger partial charge in [0.15, 0.2) is 0 Å². The molecule has 0 fully saturated rings. The van der Waals surface area contributed by atoms with Crippen molar-refractivity contribution in [3.63, 3.8) is 0 Å². The predicted octanol–water partition coefficient (Wildman–Crippen LogP) is -1.53. The molecule has 14 heavy (non-hydrogen) atoms. The Bertz CT molecular complexity index is 151. The van der Waals surface area contributed by atoms with Gasteiger partial charge in [-0.3, -0.25) is 0 Å². The zero-order valence-corrected chi connectivity index (χ0v) is 8.48. The van der Waals surface area contributed by atoms with Crippen molar-refractivity contribution in [3.8, 4) is 0 Å². The minimum absolute atomic E-state index is 0.331. The third-order valence-corrected chi connectivity index (χ3v) is 2.84. The molecule has 0 saturated carbocycles. The van der Waals surface area contributed by atoms with E-state index in [1.54, 1.807) is 0 Å². The van der Waals surface area contributed by atoms with E-state index in [0.717, 1.165) is 0 Å². The highest BCUT2D eigenvalue weighted by molar-refractivity contribution is 4.97. The van der Waals surface area contributed by atoms with Crippen LogP contribution < -0.4 is 0 Å². The largest absolute Gasteiger partial charge is 0.396 e. The van der Waals surface area contributed by atoms with Crippen LogP contribution in [0.3, 0.4) is 0 Å². The van der Waals surface area contributed by atoms with Gasteiger partial charge in [-0.1, -0.05) is 13.3 Å². The van der Waals surface area contributed by atoms with Crippen LogP contribution in [0.25, 0.3) is 0 Å². The van der Waals surface area contributed by atoms with Gasteiger partial charge in [0.1, 0.15) is 5.60 Å². The molecule has 0 atom stereocenters. The van der Waals surface area contributed by atoms with Crippen LogP contribution in [0.5, 0.6) is 0 Å². The lowest BCUT2D eigenvalue weighted by Gasteiger charge is -2.43. The van der Waals surface area contributed by atoms with Crippen molar-refractivity contribution in [2.45, 2.75) is 25.4 Å². The molecule has 0 amide bonds. The van der Waals surface area contributed by atoms with Gasteiger partial charge in [-0.05, 0) is 6.42 Å². The van der Waals surface area contributed by atoms with E-state index in [0.29, 0.717) is 12.8 Å². The van der Waals surface area contributed by atoms with E-state index in [1.807, 2.05) is 6.92 Å². The monoisotopic (exact) mass is 208 g/mol. The molecule has 86 valence electrons. The second kappa shape index (κ2) is 5.63. The summed E-state index contributed by atoms with van der Waals surface area (Å²) in [5.74, 6) is 0. The van der Waals surface area contributed by atoms with Crippen molar-refractivity contribution >= 4 is 0 Å². The van der Waals surface area contributed by atoms with Gasteiger partial charge in [0, 0.05) is 5.41 Å². The highest BCUT2D eigenvalue weighted by atomic mass is 16.4. The highest BCUT2D eigenvalue weighted by Crippen LogP contribution is 2.35. The number of aliphatic hydroxyl groups excluding tert-OH is 4. The second-order valence-electron chi connectivity index (χ2n) is 3.69. The molecule has 0 aromatic heterocycles. The number of hydrogen-bond acceptors (Lipinski definition) is 5. The van der Waals surface area contributed by atoms with Crippen LogP contribution >= 0.6 is 0 Å². The summed E-state index contributed by atoms with van der Waals surface area (Å²) >= 11 is 0. The van der Waals surface area contributed by atoms with Gasteiger partial charge in [0.25, 0.3) is 0 Å². The minimum atomic E-state index is -1.84. The van der Waals surface area contributed by atoms with Crippen LogP contribution in [0.15, 0.2) is 0 Å². The summed E-state index contributed by atoms with van der Waals surface area (Å²) < 4.78 is 0. The lowest BCUT2D eigenvalue weighted by molar-refractivity contribution is -0.178. The van der Waals surface area contributed by atoms with Crippen molar-refractivity contribution in [1.29, 1.82) is 0 Å². The summed E-state index contributed by atoms with van der Waals surface area (Å²) in [6.07, 6.45) is 0.959. The SMILES string of the molecule is CCCC(CO)(CO)C(O)(CO)CO. The molecule has 5 nitrogen and oxygen atoms in total. The Hall–Kier alpha value is -0.200. The van der Waals surface area contributed by atoms with E-state index in [2.05, 4.69) is 0 Å². The molecule has 0 bridgehead atoms. The van der Waals surface area contributed by atoms with Crippen molar-refractivity contribution in [3.05, 3.63) is 0 Å². The van der Waals surface area contributed by atoms with Crippen molar-refractivity contribution in [1.82, 2.24) is 0 Å². The molecule has 0 aliphatic heterocycles. The van der Waals surface area contributed by atoms with E-state index in [9.17, 15) is 5.11 Å². The molecule has 0 aliphatic rings. The molecule has 0 heterocycles. The quantitative estimate of drug-likeness (QED) is 0.349. The third-order valence-electron chi connectivity index (χ3n) is 2.84. The first kappa shape index (κ1) is 13.8. The standard InChI is InChI=1S/C9H20O5/c1-2-3-8(4-10,5-11)9(14,6-12)7-13/h10-14H,2-7H2,1H3. The Balaban J connectivity index is 4.92. The first-order chi connectivity index (χ1) is 6.55. The van der Waals surface area contributed by atoms with Gasteiger partial charge < -0.3 is 25.5 Å². The molecular formula is C9H20O5. The zero-order valence-electron chi connectivity index (χ0n) is 8.48. The summed E-state index contributed by atoms with van der Waals surface area (Å²) in [6.45, 7) is -0.506. The summed E-state index contributed by atoms with van der Waals surface area (Å²) in [5, 5.41) is 46.1. The summed E-state index contributed by atoms with van der Waals surface area (Å²) in [6, 6.07) is 0. The molecule has 0 radical (unpaired) electrons. The van der Waals surface area contributed by atoms with E-state index in [4.69, 9.17) is 20.4 Å². The highest BCUT2D eigenvalue weighted by Gasteiger charge is 2.48. The number of aliphatic hydroxyl groups is 5. The van der Waals surface area contributed by atoms with Crippen LogP contribution in [-0.2, 0) is 0 Å². The fraction of sp³-hybridized carbons (Fsp3) is 1.00. The molecule has 5 heteroatoms. The summed E-state index contributed by atoms with van der Waals surface area (Å²) in [5.41, 5.74) is -3.09. The topological polar surface area (TPSA) is 101 Å². The molecule has 0 spiro atoms. The summed E-state index contributed by atoms with van der Waals surface area (Å²) in [7, 11) is 0. The van der Waals surface area contributed by atoms with Gasteiger partial charge in [-0.2, -0.15) is 0 Å². The third kappa shape index (κ3) is 2.24. The number of hydrogen-bond donors (Lipinski definition) is 5. The fourth-order valence-corrected chi connectivity index (χ4v) is 1.60. The molecular weight excluding hydrogens is 188 g/mol. The van der Waals surface area contributed by atoms with Gasteiger partial charge in [0.05, 0.1) is 26.4 Å². The van der Waals surface area contributed by atoms with Crippen LogP contribution in [0.4, 0.5) is 0 Å². The van der Waals surface area contributed by atoms with E-state index in [-0.39, 0.29) is 0 Å². The van der Waals surface area contributed by atoms with E-state index < -0.39 is 37.4 Å². The Morgan fingerprint density at radius 1 is 0.857 bits per heavy atom. The van der Waals surface area contributed by atoms with Gasteiger partial charge in [-0.15, -0.1) is 0 Å². The molecule has 0 saturated heterocycles. The fourth-order valence-electron chi connectivity index (χ4n) is 1.60. The molecule has 0 aromatic rings.